The molecule has 0 aromatic carbocycles. The van der Waals surface area contributed by atoms with Crippen molar-refractivity contribution in [2.75, 3.05) is 0 Å². The van der Waals surface area contributed by atoms with E-state index < -0.39 is 0 Å². The topological polar surface area (TPSA) is 0 Å². The average Bonchev–Trinajstić information content (AvgIpc) is 2.45. The van der Waals surface area contributed by atoms with Crippen molar-refractivity contribution >= 4 is 31.9 Å². The van der Waals surface area contributed by atoms with E-state index >= 15 is 0 Å². The summed E-state index contributed by atoms with van der Waals surface area (Å²) in [5, 5.41) is 0. The fourth-order valence-electron chi connectivity index (χ4n) is 1.24. The van der Waals surface area contributed by atoms with Gasteiger partial charge in [0.05, 0.1) is 0 Å². The zero-order valence-electron chi connectivity index (χ0n) is 4.72. The van der Waals surface area contributed by atoms with Gasteiger partial charge in [-0.2, -0.15) is 0 Å². The van der Waals surface area contributed by atoms with Gasteiger partial charge in [-0.15, -0.1) is 0 Å². The molecule has 0 aromatic heterocycles. The molecule has 3 unspecified atom stereocenters. The molecule has 0 bridgehead atoms. The fourth-order valence-corrected chi connectivity index (χ4v) is 3.31. The van der Waals surface area contributed by atoms with E-state index in [0.29, 0.717) is 4.83 Å². The van der Waals surface area contributed by atoms with Crippen LogP contribution < -0.4 is 0 Å². The van der Waals surface area contributed by atoms with E-state index in [1.807, 2.05) is 0 Å². The molecule has 1 fully saturated rings. The van der Waals surface area contributed by atoms with E-state index in [0.717, 1.165) is 11.8 Å². The molecule has 0 saturated heterocycles. The normalized spacial score (nSPS) is 46.0. The van der Waals surface area contributed by atoms with Crippen molar-refractivity contribution in [3.05, 3.63) is 22.7 Å². The molecule has 0 heterocycles. The number of alkyl halides is 1. The maximum atomic E-state index is 3.59. The Bertz CT molecular complexity index is 193. The second kappa shape index (κ2) is 1.96. The lowest BCUT2D eigenvalue weighted by Gasteiger charge is -1.96. The van der Waals surface area contributed by atoms with E-state index in [9.17, 15) is 0 Å². The Morgan fingerprint density at radius 1 is 1.44 bits per heavy atom. The molecule has 0 radical (unpaired) electrons. The molecule has 0 spiro atoms. The van der Waals surface area contributed by atoms with E-state index in [1.165, 1.54) is 4.48 Å². The Morgan fingerprint density at radius 2 is 2.22 bits per heavy atom. The van der Waals surface area contributed by atoms with Gasteiger partial charge in [0.25, 0.3) is 0 Å². The van der Waals surface area contributed by atoms with Crippen molar-refractivity contribution in [3.8, 4) is 0 Å². The Labute approximate surface area is 71.3 Å². The lowest BCUT2D eigenvalue weighted by atomic mass is 10.2. The van der Waals surface area contributed by atoms with Crippen LogP contribution in [0.1, 0.15) is 0 Å². The van der Waals surface area contributed by atoms with Crippen molar-refractivity contribution < 1.29 is 0 Å². The highest BCUT2D eigenvalue weighted by molar-refractivity contribution is 9.12. The van der Waals surface area contributed by atoms with Gasteiger partial charge in [0, 0.05) is 10.7 Å². The van der Waals surface area contributed by atoms with Crippen molar-refractivity contribution in [1.82, 2.24) is 0 Å². The summed E-state index contributed by atoms with van der Waals surface area (Å²) in [5.74, 6) is 1.51. The van der Waals surface area contributed by atoms with Crippen LogP contribution in [0.2, 0.25) is 0 Å². The zero-order valence-corrected chi connectivity index (χ0v) is 7.89. The van der Waals surface area contributed by atoms with Gasteiger partial charge in [-0.1, -0.05) is 50.1 Å². The highest BCUT2D eigenvalue weighted by Crippen LogP contribution is 2.54. The number of hydrogen-bond acceptors (Lipinski definition) is 0. The lowest BCUT2D eigenvalue weighted by molar-refractivity contribution is 0.970. The van der Waals surface area contributed by atoms with Crippen molar-refractivity contribution in [2.45, 2.75) is 4.83 Å². The van der Waals surface area contributed by atoms with Crippen LogP contribution in [0.25, 0.3) is 0 Å². The number of hydrogen-bond donors (Lipinski definition) is 0. The fraction of sp³-hybridized carbons (Fsp3) is 0.429. The largest absolute Gasteiger partial charge is 0.0877 e. The van der Waals surface area contributed by atoms with Crippen LogP contribution in [0.5, 0.6) is 0 Å². The quantitative estimate of drug-likeness (QED) is 0.580. The SMILES string of the molecule is BrC1=CC=CC2C(Br)C12. The van der Waals surface area contributed by atoms with Crippen LogP contribution in [-0.4, -0.2) is 4.83 Å². The van der Waals surface area contributed by atoms with Gasteiger partial charge in [-0.25, -0.2) is 0 Å². The minimum atomic E-state index is 0.696. The first-order chi connectivity index (χ1) is 4.30. The Kier molecular flexibility index (Phi) is 1.34. The lowest BCUT2D eigenvalue weighted by Crippen LogP contribution is -1.82. The third kappa shape index (κ3) is 0.838. The van der Waals surface area contributed by atoms with E-state index in [1.54, 1.807) is 0 Å². The Hall–Kier alpha value is 0.440. The number of rotatable bonds is 0. The van der Waals surface area contributed by atoms with E-state index in [-0.39, 0.29) is 0 Å². The third-order valence-electron chi connectivity index (χ3n) is 1.89. The molecule has 2 aliphatic rings. The monoisotopic (exact) mass is 248 g/mol. The first kappa shape index (κ1) is 6.17. The van der Waals surface area contributed by atoms with Crippen molar-refractivity contribution in [3.63, 3.8) is 0 Å². The number of halogens is 2. The number of allylic oxidation sites excluding steroid dienone is 4. The molecule has 1 saturated carbocycles. The standard InChI is InChI=1S/C7H6Br2/c8-5-3-1-2-4-6(5)7(4)9/h1-4,6-7H. The summed E-state index contributed by atoms with van der Waals surface area (Å²) < 4.78 is 1.34. The predicted octanol–water partition coefficient (Wildman–Crippen LogP) is 2.84. The first-order valence-electron chi connectivity index (χ1n) is 2.98. The van der Waals surface area contributed by atoms with Crippen LogP contribution in [-0.2, 0) is 0 Å². The molecule has 48 valence electrons. The highest BCUT2D eigenvalue weighted by Gasteiger charge is 2.49. The molecule has 0 aliphatic heterocycles. The summed E-state index contributed by atoms with van der Waals surface area (Å²) in [6.07, 6.45) is 6.50. The summed E-state index contributed by atoms with van der Waals surface area (Å²) in [4.78, 5) is 0.696. The first-order valence-corrected chi connectivity index (χ1v) is 4.69. The van der Waals surface area contributed by atoms with Gasteiger partial charge in [0.15, 0.2) is 0 Å². The van der Waals surface area contributed by atoms with Gasteiger partial charge in [-0.3, -0.25) is 0 Å². The second-order valence-electron chi connectivity index (χ2n) is 2.48. The van der Waals surface area contributed by atoms with E-state index in [2.05, 4.69) is 50.1 Å². The summed E-state index contributed by atoms with van der Waals surface area (Å²) in [5.41, 5.74) is 0. The summed E-state index contributed by atoms with van der Waals surface area (Å²) in [6, 6.07) is 0. The van der Waals surface area contributed by atoms with Crippen LogP contribution >= 0.6 is 31.9 Å². The van der Waals surface area contributed by atoms with Gasteiger partial charge in [0.1, 0.15) is 0 Å². The summed E-state index contributed by atoms with van der Waals surface area (Å²) in [7, 11) is 0. The third-order valence-corrected chi connectivity index (χ3v) is 3.86. The molecule has 0 amide bonds. The summed E-state index contributed by atoms with van der Waals surface area (Å²) >= 11 is 7.11. The Morgan fingerprint density at radius 3 is 2.78 bits per heavy atom. The molecule has 2 aliphatic carbocycles. The van der Waals surface area contributed by atoms with Crippen LogP contribution in [0.3, 0.4) is 0 Å². The van der Waals surface area contributed by atoms with Crippen LogP contribution in [0, 0.1) is 11.8 Å². The molecule has 0 nitrogen and oxygen atoms in total. The van der Waals surface area contributed by atoms with Crippen molar-refractivity contribution in [2.24, 2.45) is 11.8 Å². The van der Waals surface area contributed by atoms with E-state index in [4.69, 9.17) is 0 Å². The molecule has 2 rings (SSSR count). The molecular weight excluding hydrogens is 244 g/mol. The summed E-state index contributed by atoms with van der Waals surface area (Å²) in [6.45, 7) is 0. The maximum absolute atomic E-state index is 3.59. The molecule has 0 aromatic rings. The molecular formula is C7H6Br2. The maximum Gasteiger partial charge on any atom is 0.0294 e. The van der Waals surface area contributed by atoms with Crippen LogP contribution in [0.15, 0.2) is 22.7 Å². The van der Waals surface area contributed by atoms with Gasteiger partial charge in [0.2, 0.25) is 0 Å². The minimum Gasteiger partial charge on any atom is -0.0877 e. The molecule has 0 N–H and O–H groups in total. The van der Waals surface area contributed by atoms with Crippen molar-refractivity contribution in [1.29, 1.82) is 0 Å². The Balaban J connectivity index is 2.28. The van der Waals surface area contributed by atoms with Crippen LogP contribution in [0.4, 0.5) is 0 Å². The smallest absolute Gasteiger partial charge is 0.0294 e. The average molecular weight is 250 g/mol. The zero-order chi connectivity index (χ0) is 6.43. The van der Waals surface area contributed by atoms with Gasteiger partial charge >= 0.3 is 0 Å². The van der Waals surface area contributed by atoms with Gasteiger partial charge in [-0.05, 0) is 10.4 Å². The second-order valence-corrected chi connectivity index (χ2v) is 4.46. The predicted molar refractivity (Wildman–Crippen MR) is 45.8 cm³/mol. The molecule has 3 atom stereocenters. The molecule has 2 heteroatoms. The van der Waals surface area contributed by atoms with Gasteiger partial charge < -0.3 is 0 Å². The molecule has 9 heavy (non-hydrogen) atoms. The minimum absolute atomic E-state index is 0.696. The number of fused-ring (bicyclic) bond motifs is 1. The highest BCUT2D eigenvalue weighted by atomic mass is 79.9.